The molecule has 2 aromatic carbocycles. The number of rotatable bonds is 21. The van der Waals surface area contributed by atoms with Gasteiger partial charge in [-0.15, -0.1) is 6.58 Å². The minimum atomic E-state index is -1.27. The van der Waals surface area contributed by atoms with Gasteiger partial charge in [0.25, 0.3) is 0 Å². The predicted molar refractivity (Wildman–Crippen MR) is 217 cm³/mol. The topological polar surface area (TPSA) is 127 Å². The molecule has 3 aliphatic carbocycles. The van der Waals surface area contributed by atoms with E-state index in [1.165, 1.54) is 25.7 Å². The van der Waals surface area contributed by atoms with Crippen LogP contribution in [0, 0.1) is 23.7 Å². The summed E-state index contributed by atoms with van der Waals surface area (Å²) in [6.45, 7) is 7.16. The van der Waals surface area contributed by atoms with E-state index >= 15 is 0 Å². The monoisotopic (exact) mass is 770 g/mol. The molecular formula is C46H62N2O8. The fourth-order valence-corrected chi connectivity index (χ4v) is 10.1. The molecule has 1 heterocycles. The van der Waals surface area contributed by atoms with E-state index in [-0.39, 0.29) is 49.4 Å². The van der Waals surface area contributed by atoms with E-state index in [1.54, 1.807) is 31.4 Å². The maximum Gasteiger partial charge on any atom is 0.239 e. The number of aldehydes is 1. The molecule has 6 atom stereocenters. The largest absolute Gasteiger partial charge is 0.459 e. The van der Waals surface area contributed by atoms with E-state index in [1.807, 2.05) is 23.1 Å². The van der Waals surface area contributed by atoms with Crippen LogP contribution in [-0.2, 0) is 14.4 Å². The quantitative estimate of drug-likeness (QED) is 0.0559. The number of benzene rings is 2. The third-order valence-corrected chi connectivity index (χ3v) is 12.5. The van der Waals surface area contributed by atoms with Gasteiger partial charge in [-0.2, -0.15) is 0 Å². The summed E-state index contributed by atoms with van der Waals surface area (Å²) >= 11 is 0. The van der Waals surface area contributed by atoms with Crippen molar-refractivity contribution in [1.29, 1.82) is 0 Å². The summed E-state index contributed by atoms with van der Waals surface area (Å²) in [7, 11) is 1.57. The second-order valence-electron chi connectivity index (χ2n) is 16.0. The number of aliphatic hydroxyl groups excluding tert-OH is 2. The van der Waals surface area contributed by atoms with Gasteiger partial charge < -0.3 is 34.2 Å². The van der Waals surface area contributed by atoms with Crippen LogP contribution in [0.1, 0.15) is 119 Å². The first-order valence-electron chi connectivity index (χ1n) is 21.0. The number of allylic oxidation sites excluding steroid dienone is 1. The second kappa shape index (κ2) is 19.9. The molecule has 56 heavy (non-hydrogen) atoms. The van der Waals surface area contributed by atoms with Gasteiger partial charge >= 0.3 is 0 Å². The second-order valence-corrected chi connectivity index (χ2v) is 16.0. The molecule has 4 aliphatic rings. The molecule has 6 rings (SSSR count). The number of carbonyl (C=O) groups excluding carboxylic acids is 2. The van der Waals surface area contributed by atoms with E-state index < -0.39 is 11.8 Å². The number of aliphatic hydroxyl groups is 2. The number of carbonyl (C=O) groups is 2. The molecule has 304 valence electrons. The number of fused-ring (bicyclic) bond motifs is 2. The van der Waals surface area contributed by atoms with Crippen molar-refractivity contribution in [3.05, 3.63) is 77.9 Å². The van der Waals surface area contributed by atoms with Gasteiger partial charge in [0.1, 0.15) is 36.7 Å². The molecule has 2 fully saturated rings. The normalized spacial score (nSPS) is 26.1. The van der Waals surface area contributed by atoms with Gasteiger partial charge in [-0.1, -0.05) is 74.9 Å². The molecule has 1 aliphatic heterocycles. The van der Waals surface area contributed by atoms with Crippen LogP contribution < -0.4 is 9.47 Å². The lowest BCUT2D eigenvalue weighted by Crippen LogP contribution is -2.70. The Balaban J connectivity index is 1.53. The first-order valence-corrected chi connectivity index (χ1v) is 21.0. The van der Waals surface area contributed by atoms with Gasteiger partial charge in [-0.05, 0) is 92.2 Å². The van der Waals surface area contributed by atoms with E-state index in [0.29, 0.717) is 61.0 Å². The molecule has 2 saturated carbocycles. The molecule has 0 radical (unpaired) electrons. The standard InChI is InChI=1S/C46H62N2O8/c1-4-23-48(43(52)22-19-32-13-6-7-14-32)42-30-40(47-53-3)38-28-34(16-8-10-24-49)37(18-9-11-25-50)44-39-29-36(55-35-17-12-15-33(27-35)31-51)20-21-41(39)56-46(42,45(38)44)54-26-5-2/h5,12,15,17,20-21,27-29,31-32,34,37,42,44-45,49-50H,2,4,6-11,13-14,16,18-19,22-26,30H2,1,3H3/t34-,37+,42-,44+,45+,46+/m0/s1. The van der Waals surface area contributed by atoms with Crippen molar-refractivity contribution in [1.82, 2.24) is 4.90 Å². The van der Waals surface area contributed by atoms with Crippen LogP contribution in [0.2, 0.25) is 0 Å². The van der Waals surface area contributed by atoms with Crippen molar-refractivity contribution < 1.29 is 38.9 Å². The average Bonchev–Trinajstić information content (AvgIpc) is 3.74. The maximum atomic E-state index is 14.6. The van der Waals surface area contributed by atoms with Crippen molar-refractivity contribution in [2.45, 2.75) is 115 Å². The van der Waals surface area contributed by atoms with Crippen LogP contribution in [-0.4, -0.2) is 78.3 Å². The Morgan fingerprint density at radius 1 is 1.04 bits per heavy atom. The van der Waals surface area contributed by atoms with Gasteiger partial charge in [0, 0.05) is 49.6 Å². The first kappa shape index (κ1) is 41.6. The Labute approximate surface area is 332 Å². The van der Waals surface area contributed by atoms with Crippen LogP contribution in [0.5, 0.6) is 17.2 Å². The number of amides is 1. The van der Waals surface area contributed by atoms with Gasteiger partial charge in [-0.25, -0.2) is 0 Å². The molecular weight excluding hydrogens is 709 g/mol. The Bertz CT molecular complexity index is 1700. The van der Waals surface area contributed by atoms with E-state index in [4.69, 9.17) is 24.2 Å². The lowest BCUT2D eigenvalue weighted by molar-refractivity contribution is -0.257. The predicted octanol–water partition coefficient (Wildman–Crippen LogP) is 8.76. The van der Waals surface area contributed by atoms with E-state index in [2.05, 4.69) is 25.6 Å². The summed E-state index contributed by atoms with van der Waals surface area (Å²) in [5, 5.41) is 24.4. The van der Waals surface area contributed by atoms with Gasteiger partial charge in [0.2, 0.25) is 11.7 Å². The van der Waals surface area contributed by atoms with Crippen molar-refractivity contribution in [2.75, 3.05) is 33.5 Å². The Kier molecular flexibility index (Phi) is 14.8. The Morgan fingerprint density at radius 3 is 2.52 bits per heavy atom. The number of oxime groups is 1. The smallest absolute Gasteiger partial charge is 0.239 e. The Hall–Kier alpha value is -3.99. The number of nitrogens with zero attached hydrogens (tertiary/aromatic N) is 2. The van der Waals surface area contributed by atoms with Crippen LogP contribution in [0.3, 0.4) is 0 Å². The molecule has 10 heteroatoms. The Morgan fingerprint density at radius 2 is 1.80 bits per heavy atom. The highest BCUT2D eigenvalue weighted by molar-refractivity contribution is 6.03. The van der Waals surface area contributed by atoms with Gasteiger partial charge in [0.15, 0.2) is 0 Å². The first-order chi connectivity index (χ1) is 27.4. The van der Waals surface area contributed by atoms with Crippen molar-refractivity contribution >= 4 is 17.9 Å². The molecule has 0 bridgehead atoms. The molecule has 0 unspecified atom stereocenters. The van der Waals surface area contributed by atoms with Crippen LogP contribution >= 0.6 is 0 Å². The molecule has 0 saturated heterocycles. The lowest BCUT2D eigenvalue weighted by atomic mass is 9.55. The fraction of sp³-hybridized carbons (Fsp3) is 0.587. The van der Waals surface area contributed by atoms with Crippen molar-refractivity contribution in [2.24, 2.45) is 28.8 Å². The molecule has 2 aromatic rings. The third-order valence-electron chi connectivity index (χ3n) is 12.5. The highest BCUT2D eigenvalue weighted by Gasteiger charge is 2.65. The van der Waals surface area contributed by atoms with Gasteiger partial charge in [-0.3, -0.25) is 9.59 Å². The molecule has 10 nitrogen and oxygen atoms in total. The van der Waals surface area contributed by atoms with E-state index in [0.717, 1.165) is 61.7 Å². The zero-order chi connectivity index (χ0) is 39.5. The molecule has 1 amide bonds. The molecule has 0 aromatic heterocycles. The van der Waals surface area contributed by atoms with E-state index in [9.17, 15) is 19.8 Å². The number of unbranched alkanes of at least 4 members (excludes halogenated alkanes) is 2. The maximum absolute atomic E-state index is 14.6. The third kappa shape index (κ3) is 9.08. The summed E-state index contributed by atoms with van der Waals surface area (Å²) in [6.07, 6.45) is 17.1. The average molecular weight is 771 g/mol. The van der Waals surface area contributed by atoms with Gasteiger partial charge in [0.05, 0.1) is 18.2 Å². The summed E-state index contributed by atoms with van der Waals surface area (Å²) in [5.41, 5.74) is 3.31. The minimum Gasteiger partial charge on any atom is -0.459 e. The zero-order valence-corrected chi connectivity index (χ0v) is 33.4. The molecule has 0 spiro atoms. The number of hydrogen-bond acceptors (Lipinski definition) is 9. The van der Waals surface area contributed by atoms with Crippen molar-refractivity contribution in [3.63, 3.8) is 0 Å². The summed E-state index contributed by atoms with van der Waals surface area (Å²) < 4.78 is 20.8. The summed E-state index contributed by atoms with van der Waals surface area (Å²) in [5.74, 6) is 1.000. The van der Waals surface area contributed by atoms with Crippen LogP contribution in [0.15, 0.2) is 71.9 Å². The van der Waals surface area contributed by atoms with Crippen LogP contribution in [0.4, 0.5) is 0 Å². The number of hydrogen-bond donors (Lipinski definition) is 2. The van der Waals surface area contributed by atoms with Crippen molar-refractivity contribution in [3.8, 4) is 17.2 Å². The summed E-state index contributed by atoms with van der Waals surface area (Å²) in [6, 6.07) is 12.5. The highest BCUT2D eigenvalue weighted by Crippen LogP contribution is 2.62. The fourth-order valence-electron chi connectivity index (χ4n) is 10.1. The number of ether oxygens (including phenoxy) is 3. The minimum absolute atomic E-state index is 0.109. The lowest BCUT2D eigenvalue weighted by Gasteiger charge is -2.60. The SMILES string of the molecule is C=CCO[C@@]12Oc3ccc(Oc4cccc(C=O)c4)cc3[C@H]3[C@H](CCCCO)[C@@H](CCCCO)C=C(C(=NOC)C[C@@H]1N(CCC)C(=O)CCC1CCCC1)[C@H]32. The van der Waals surface area contributed by atoms with Crippen LogP contribution in [0.25, 0.3) is 0 Å². The highest BCUT2D eigenvalue weighted by atomic mass is 16.7. The summed E-state index contributed by atoms with van der Waals surface area (Å²) in [4.78, 5) is 33.8. The zero-order valence-electron chi connectivity index (χ0n) is 33.4. The molecule has 2 N–H and O–H groups in total.